The number of nitrogens with one attached hydrogen (secondary N) is 1. The van der Waals surface area contributed by atoms with E-state index in [1.807, 2.05) is 42.6 Å². The second-order valence-corrected chi connectivity index (χ2v) is 8.12. The summed E-state index contributed by atoms with van der Waals surface area (Å²) in [5.41, 5.74) is 4.25. The lowest BCUT2D eigenvalue weighted by molar-refractivity contribution is -0.117. The van der Waals surface area contributed by atoms with Crippen LogP contribution in [0.1, 0.15) is 18.1 Å². The van der Waals surface area contributed by atoms with Gasteiger partial charge in [0.1, 0.15) is 0 Å². The topological polar surface area (TPSA) is 48.5 Å². The lowest BCUT2D eigenvalue weighted by atomic mass is 10.1. The van der Waals surface area contributed by atoms with Crippen molar-refractivity contribution in [2.24, 2.45) is 0 Å². The van der Waals surface area contributed by atoms with Crippen LogP contribution >= 0.6 is 11.6 Å². The van der Waals surface area contributed by atoms with Gasteiger partial charge in [0.15, 0.2) is 0 Å². The van der Waals surface area contributed by atoms with E-state index in [0.29, 0.717) is 6.54 Å². The van der Waals surface area contributed by atoms with Crippen molar-refractivity contribution in [2.45, 2.75) is 19.9 Å². The molecule has 6 heteroatoms. The molecule has 3 aromatic rings. The maximum absolute atomic E-state index is 12.5. The molecule has 1 N–H and O–H groups in total. The van der Waals surface area contributed by atoms with E-state index in [0.717, 1.165) is 60.8 Å². The normalized spacial score (nSPS) is 15.4. The number of amides is 1. The number of piperazine rings is 1. The number of fused-ring (bicyclic) bond motifs is 1. The molecule has 0 atom stereocenters. The van der Waals surface area contributed by atoms with Gasteiger partial charge >= 0.3 is 0 Å². The second kappa shape index (κ2) is 9.56. The van der Waals surface area contributed by atoms with Gasteiger partial charge in [0, 0.05) is 55.0 Å². The Balaban J connectivity index is 1.31. The number of halogens is 1. The number of nitrogens with zero attached hydrogens (tertiary/aromatic N) is 3. The van der Waals surface area contributed by atoms with Crippen molar-refractivity contribution in [1.82, 2.24) is 14.8 Å². The van der Waals surface area contributed by atoms with Crippen LogP contribution in [0, 0.1) is 0 Å². The number of hydrogen-bond donors (Lipinski definition) is 1. The van der Waals surface area contributed by atoms with Crippen molar-refractivity contribution in [3.8, 4) is 0 Å². The summed E-state index contributed by atoms with van der Waals surface area (Å²) >= 11 is 6.32. The van der Waals surface area contributed by atoms with Gasteiger partial charge in [-0.2, -0.15) is 0 Å². The molecular formula is C24H27ClN4O. The van der Waals surface area contributed by atoms with Gasteiger partial charge in [0.05, 0.1) is 12.1 Å². The molecule has 1 fully saturated rings. The highest BCUT2D eigenvalue weighted by molar-refractivity contribution is 6.35. The second-order valence-electron chi connectivity index (χ2n) is 7.72. The lowest BCUT2D eigenvalue weighted by Crippen LogP contribution is -2.48. The number of anilines is 1. The monoisotopic (exact) mass is 422 g/mol. The number of aryl methyl sites for hydroxylation is 1. The predicted molar refractivity (Wildman–Crippen MR) is 123 cm³/mol. The highest BCUT2D eigenvalue weighted by Crippen LogP contribution is 2.26. The van der Waals surface area contributed by atoms with Crippen molar-refractivity contribution in [2.75, 3.05) is 38.0 Å². The molecule has 2 aromatic carbocycles. The number of carbonyl (C=O) groups is 1. The van der Waals surface area contributed by atoms with Crippen LogP contribution in [-0.2, 0) is 17.8 Å². The molecule has 1 aliphatic rings. The first-order chi connectivity index (χ1) is 14.6. The highest BCUT2D eigenvalue weighted by atomic mass is 35.5. The van der Waals surface area contributed by atoms with Crippen molar-refractivity contribution < 1.29 is 4.79 Å². The van der Waals surface area contributed by atoms with Gasteiger partial charge in [0.25, 0.3) is 0 Å². The van der Waals surface area contributed by atoms with Gasteiger partial charge in [-0.3, -0.25) is 19.6 Å². The maximum atomic E-state index is 12.5. The summed E-state index contributed by atoms with van der Waals surface area (Å²) in [6, 6.07) is 16.0. The molecule has 0 spiro atoms. The van der Waals surface area contributed by atoms with Crippen molar-refractivity contribution >= 4 is 34.1 Å². The molecule has 0 aliphatic carbocycles. The summed E-state index contributed by atoms with van der Waals surface area (Å²) in [5, 5.41) is 4.81. The van der Waals surface area contributed by atoms with E-state index >= 15 is 0 Å². The zero-order valence-electron chi connectivity index (χ0n) is 17.3. The van der Waals surface area contributed by atoms with Gasteiger partial charge in [-0.05, 0) is 41.8 Å². The molecule has 156 valence electrons. The van der Waals surface area contributed by atoms with Crippen LogP contribution in [0.3, 0.4) is 0 Å². The minimum atomic E-state index is 0.0530. The van der Waals surface area contributed by atoms with Crippen molar-refractivity contribution in [3.05, 3.63) is 70.9 Å². The number of pyridine rings is 1. The van der Waals surface area contributed by atoms with Crippen molar-refractivity contribution in [1.29, 1.82) is 0 Å². The van der Waals surface area contributed by atoms with Gasteiger partial charge in [-0.1, -0.05) is 42.8 Å². The summed E-state index contributed by atoms with van der Waals surface area (Å²) < 4.78 is 0. The largest absolute Gasteiger partial charge is 0.325 e. The first-order valence-electron chi connectivity index (χ1n) is 10.5. The third-order valence-corrected chi connectivity index (χ3v) is 6.03. The van der Waals surface area contributed by atoms with Crippen molar-refractivity contribution in [3.63, 3.8) is 0 Å². The van der Waals surface area contributed by atoms with E-state index in [4.69, 9.17) is 11.6 Å². The van der Waals surface area contributed by atoms with Gasteiger partial charge in [-0.25, -0.2) is 0 Å². The predicted octanol–water partition coefficient (Wildman–Crippen LogP) is 4.21. The minimum Gasteiger partial charge on any atom is -0.325 e. The zero-order valence-corrected chi connectivity index (χ0v) is 18.0. The number of rotatable bonds is 6. The number of para-hydroxylation sites is 1. The Hall–Kier alpha value is -2.47. The smallest absolute Gasteiger partial charge is 0.238 e. The number of carbonyl (C=O) groups excluding carboxylic acids is 1. The molecule has 5 nitrogen and oxygen atoms in total. The molecule has 1 saturated heterocycles. The van der Waals surface area contributed by atoms with Crippen LogP contribution < -0.4 is 5.32 Å². The molecular weight excluding hydrogens is 396 g/mol. The SMILES string of the molecule is CCc1ccccc1NC(=O)CN1CCN(Cc2ccc(Cl)c3cccnc23)CC1. The fourth-order valence-corrected chi connectivity index (χ4v) is 4.23. The molecule has 1 aromatic heterocycles. The quantitative estimate of drug-likeness (QED) is 0.646. The van der Waals surface area contributed by atoms with Gasteiger partial charge < -0.3 is 5.32 Å². The molecule has 1 amide bonds. The fraction of sp³-hybridized carbons (Fsp3) is 0.333. The van der Waals surface area contributed by atoms with E-state index in [1.54, 1.807) is 0 Å². The Morgan fingerprint density at radius 1 is 1.00 bits per heavy atom. The summed E-state index contributed by atoms with van der Waals surface area (Å²) in [6.45, 7) is 6.98. The van der Waals surface area contributed by atoms with E-state index in [-0.39, 0.29) is 5.91 Å². The first kappa shape index (κ1) is 20.8. The van der Waals surface area contributed by atoms with E-state index in [2.05, 4.69) is 39.2 Å². The summed E-state index contributed by atoms with van der Waals surface area (Å²) in [7, 11) is 0. The third-order valence-electron chi connectivity index (χ3n) is 5.70. The van der Waals surface area contributed by atoms with E-state index < -0.39 is 0 Å². The fourth-order valence-electron chi connectivity index (χ4n) is 4.01. The minimum absolute atomic E-state index is 0.0530. The molecule has 0 bridgehead atoms. The molecule has 0 unspecified atom stereocenters. The van der Waals surface area contributed by atoms with Gasteiger partial charge in [0.2, 0.25) is 5.91 Å². The van der Waals surface area contributed by atoms with Crippen LogP contribution in [0.2, 0.25) is 5.02 Å². The van der Waals surface area contributed by atoms with Crippen LogP contribution in [0.4, 0.5) is 5.69 Å². The van der Waals surface area contributed by atoms with E-state index in [9.17, 15) is 4.79 Å². The van der Waals surface area contributed by atoms with E-state index in [1.165, 1.54) is 11.1 Å². The average Bonchev–Trinajstić information content (AvgIpc) is 2.77. The Labute approximate surface area is 182 Å². The maximum Gasteiger partial charge on any atom is 0.238 e. The Kier molecular flexibility index (Phi) is 6.62. The summed E-state index contributed by atoms with van der Waals surface area (Å²) in [6.07, 6.45) is 2.72. The standard InChI is InChI=1S/C24H27ClN4O/c1-2-18-6-3-4-8-22(18)27-23(30)17-29-14-12-28(13-15-29)16-19-9-10-21(25)20-7-5-11-26-24(19)20/h3-11H,2,12-17H2,1H3,(H,27,30). The molecule has 0 radical (unpaired) electrons. The Morgan fingerprint density at radius 3 is 2.57 bits per heavy atom. The number of aromatic nitrogens is 1. The van der Waals surface area contributed by atoms with Crippen LogP contribution in [0.15, 0.2) is 54.7 Å². The highest BCUT2D eigenvalue weighted by Gasteiger charge is 2.20. The number of benzene rings is 2. The molecule has 2 heterocycles. The zero-order chi connectivity index (χ0) is 20.9. The average molecular weight is 423 g/mol. The lowest BCUT2D eigenvalue weighted by Gasteiger charge is -2.34. The number of hydrogen-bond acceptors (Lipinski definition) is 4. The summed E-state index contributed by atoms with van der Waals surface area (Å²) in [4.78, 5) is 21.7. The molecule has 4 rings (SSSR count). The summed E-state index contributed by atoms with van der Waals surface area (Å²) in [5.74, 6) is 0.0530. The Morgan fingerprint density at radius 2 is 1.77 bits per heavy atom. The molecule has 0 saturated carbocycles. The van der Waals surface area contributed by atoms with Crippen LogP contribution in [0.5, 0.6) is 0 Å². The third kappa shape index (κ3) is 4.81. The molecule has 30 heavy (non-hydrogen) atoms. The first-order valence-corrected chi connectivity index (χ1v) is 10.9. The Bertz CT molecular complexity index is 1030. The van der Waals surface area contributed by atoms with Crippen LogP contribution in [0.25, 0.3) is 10.9 Å². The molecule has 1 aliphatic heterocycles. The van der Waals surface area contributed by atoms with Crippen LogP contribution in [-0.4, -0.2) is 53.4 Å². The van der Waals surface area contributed by atoms with Gasteiger partial charge in [-0.15, -0.1) is 0 Å².